The standard InChI is InChI=1S/C14H12N2O4/c1-16-12-9(6-15-16)13(17)11-8(14(12)18)4-7(19-2)5-10(11)20-3/h4-6H,1-3H3. The number of aromatic nitrogens is 2. The van der Waals surface area contributed by atoms with Crippen LogP contribution in [0.1, 0.15) is 32.0 Å². The molecule has 0 unspecified atom stereocenters. The Balaban J connectivity index is 2.33. The number of nitrogens with zero attached hydrogens (tertiary/aromatic N) is 2. The Morgan fingerprint density at radius 1 is 1.05 bits per heavy atom. The van der Waals surface area contributed by atoms with Gasteiger partial charge in [0.1, 0.15) is 17.2 Å². The van der Waals surface area contributed by atoms with Crippen LogP contribution < -0.4 is 9.47 Å². The first-order chi connectivity index (χ1) is 9.58. The number of ether oxygens (including phenoxy) is 2. The maximum Gasteiger partial charge on any atom is 0.212 e. The summed E-state index contributed by atoms with van der Waals surface area (Å²) in [6.45, 7) is 0. The molecule has 0 saturated carbocycles. The molecule has 1 aliphatic rings. The van der Waals surface area contributed by atoms with Crippen LogP contribution in [0.5, 0.6) is 11.5 Å². The van der Waals surface area contributed by atoms with E-state index < -0.39 is 0 Å². The highest BCUT2D eigenvalue weighted by Crippen LogP contribution is 2.36. The fraction of sp³-hybridized carbons (Fsp3) is 0.214. The van der Waals surface area contributed by atoms with Gasteiger partial charge in [0, 0.05) is 18.7 Å². The first-order valence-electron chi connectivity index (χ1n) is 5.96. The molecule has 0 fully saturated rings. The fourth-order valence-corrected chi connectivity index (χ4v) is 2.42. The summed E-state index contributed by atoms with van der Waals surface area (Å²) < 4.78 is 11.8. The Kier molecular flexibility index (Phi) is 2.60. The monoisotopic (exact) mass is 272 g/mol. The molecule has 0 spiro atoms. The highest BCUT2D eigenvalue weighted by atomic mass is 16.5. The summed E-state index contributed by atoms with van der Waals surface area (Å²) in [4.78, 5) is 25.1. The van der Waals surface area contributed by atoms with Crippen LogP contribution in [0.15, 0.2) is 18.3 Å². The van der Waals surface area contributed by atoms with Crippen molar-refractivity contribution < 1.29 is 19.1 Å². The summed E-state index contributed by atoms with van der Waals surface area (Å²) in [5.74, 6) is 0.272. The molecule has 0 bridgehead atoms. The first-order valence-corrected chi connectivity index (χ1v) is 5.96. The number of hydrogen-bond donors (Lipinski definition) is 0. The summed E-state index contributed by atoms with van der Waals surface area (Å²) in [6.07, 6.45) is 1.40. The van der Waals surface area contributed by atoms with Crippen molar-refractivity contribution in [2.75, 3.05) is 14.2 Å². The van der Waals surface area contributed by atoms with Crippen molar-refractivity contribution in [2.24, 2.45) is 7.05 Å². The summed E-state index contributed by atoms with van der Waals surface area (Å²) in [6, 6.07) is 3.14. The Bertz CT molecular complexity index is 746. The summed E-state index contributed by atoms with van der Waals surface area (Å²) in [5, 5.41) is 3.98. The highest BCUT2D eigenvalue weighted by molar-refractivity contribution is 6.28. The van der Waals surface area contributed by atoms with Gasteiger partial charge in [0.05, 0.1) is 31.5 Å². The van der Waals surface area contributed by atoms with E-state index in [1.165, 1.54) is 25.1 Å². The molecule has 6 nitrogen and oxygen atoms in total. The SMILES string of the molecule is COc1cc(OC)c2c(c1)C(=O)c1c(cnn1C)C2=O. The minimum atomic E-state index is -0.262. The number of hydrogen-bond acceptors (Lipinski definition) is 5. The minimum Gasteiger partial charge on any atom is -0.497 e. The van der Waals surface area contributed by atoms with E-state index in [0.29, 0.717) is 17.1 Å². The lowest BCUT2D eigenvalue weighted by molar-refractivity contribution is 0.0971. The number of carbonyl (C=O) groups excluding carboxylic acids is 2. The van der Waals surface area contributed by atoms with Gasteiger partial charge >= 0.3 is 0 Å². The van der Waals surface area contributed by atoms with E-state index in [1.807, 2.05) is 0 Å². The topological polar surface area (TPSA) is 70.4 Å². The van der Waals surface area contributed by atoms with Crippen LogP contribution in [0, 0.1) is 0 Å². The third-order valence-corrected chi connectivity index (χ3v) is 3.40. The zero-order valence-corrected chi connectivity index (χ0v) is 11.3. The van der Waals surface area contributed by atoms with Crippen molar-refractivity contribution in [3.8, 4) is 11.5 Å². The number of aryl methyl sites for hydroxylation is 1. The average Bonchev–Trinajstić information content (AvgIpc) is 2.85. The van der Waals surface area contributed by atoms with Crippen molar-refractivity contribution in [3.05, 3.63) is 40.7 Å². The second-order valence-corrected chi connectivity index (χ2v) is 4.44. The van der Waals surface area contributed by atoms with Gasteiger partial charge in [0.15, 0.2) is 0 Å². The number of ketones is 2. The number of methoxy groups -OCH3 is 2. The summed E-state index contributed by atoms with van der Waals surface area (Å²) >= 11 is 0. The number of benzene rings is 1. The van der Waals surface area contributed by atoms with Crippen LogP contribution in [0.2, 0.25) is 0 Å². The third-order valence-electron chi connectivity index (χ3n) is 3.40. The zero-order chi connectivity index (χ0) is 14.4. The van der Waals surface area contributed by atoms with Gasteiger partial charge in [0.25, 0.3) is 0 Å². The molecule has 3 rings (SSSR count). The van der Waals surface area contributed by atoms with Gasteiger partial charge in [-0.2, -0.15) is 5.10 Å². The normalized spacial score (nSPS) is 12.9. The van der Waals surface area contributed by atoms with Crippen LogP contribution in [0.3, 0.4) is 0 Å². The van der Waals surface area contributed by atoms with Crippen LogP contribution in [0.25, 0.3) is 0 Å². The van der Waals surface area contributed by atoms with E-state index in [4.69, 9.17) is 9.47 Å². The minimum absolute atomic E-state index is 0.258. The van der Waals surface area contributed by atoms with Gasteiger partial charge in [-0.15, -0.1) is 0 Å². The predicted molar refractivity (Wildman–Crippen MR) is 69.6 cm³/mol. The van der Waals surface area contributed by atoms with Gasteiger partial charge in [0.2, 0.25) is 11.6 Å². The van der Waals surface area contributed by atoms with Crippen molar-refractivity contribution in [1.29, 1.82) is 0 Å². The van der Waals surface area contributed by atoms with Crippen molar-refractivity contribution >= 4 is 11.6 Å². The molecular weight excluding hydrogens is 260 g/mol. The molecule has 20 heavy (non-hydrogen) atoms. The zero-order valence-electron chi connectivity index (χ0n) is 11.3. The van der Waals surface area contributed by atoms with Gasteiger partial charge in [-0.3, -0.25) is 14.3 Å². The fourth-order valence-electron chi connectivity index (χ4n) is 2.42. The smallest absolute Gasteiger partial charge is 0.212 e. The molecule has 1 aromatic carbocycles. The Hall–Kier alpha value is -2.63. The van der Waals surface area contributed by atoms with E-state index in [0.717, 1.165) is 0 Å². The average molecular weight is 272 g/mol. The van der Waals surface area contributed by atoms with E-state index in [1.54, 1.807) is 19.2 Å². The van der Waals surface area contributed by atoms with Crippen LogP contribution in [0.4, 0.5) is 0 Å². The van der Waals surface area contributed by atoms with Crippen molar-refractivity contribution in [3.63, 3.8) is 0 Å². The Morgan fingerprint density at radius 2 is 1.80 bits per heavy atom. The molecule has 102 valence electrons. The van der Waals surface area contributed by atoms with E-state index in [2.05, 4.69) is 5.10 Å². The Morgan fingerprint density at radius 3 is 2.45 bits per heavy atom. The molecule has 0 amide bonds. The maximum atomic E-state index is 12.5. The van der Waals surface area contributed by atoms with Gasteiger partial charge in [-0.25, -0.2) is 0 Å². The molecule has 0 N–H and O–H groups in total. The van der Waals surface area contributed by atoms with E-state index in [-0.39, 0.29) is 28.4 Å². The second kappa shape index (κ2) is 4.19. The van der Waals surface area contributed by atoms with Crippen molar-refractivity contribution in [1.82, 2.24) is 9.78 Å². The maximum absolute atomic E-state index is 12.5. The number of fused-ring (bicyclic) bond motifs is 2. The largest absolute Gasteiger partial charge is 0.497 e. The van der Waals surface area contributed by atoms with Crippen LogP contribution in [-0.2, 0) is 7.05 Å². The van der Waals surface area contributed by atoms with Gasteiger partial charge in [-0.05, 0) is 6.07 Å². The number of rotatable bonds is 2. The first kappa shape index (κ1) is 12.4. The molecular formula is C14H12N2O4. The molecule has 0 aliphatic heterocycles. The molecule has 1 aromatic heterocycles. The lowest BCUT2D eigenvalue weighted by Crippen LogP contribution is -2.23. The molecule has 0 radical (unpaired) electrons. The predicted octanol–water partition coefficient (Wildman–Crippen LogP) is 1.21. The van der Waals surface area contributed by atoms with Gasteiger partial charge < -0.3 is 9.47 Å². The lowest BCUT2D eigenvalue weighted by atomic mass is 9.87. The van der Waals surface area contributed by atoms with E-state index in [9.17, 15) is 9.59 Å². The molecule has 0 atom stereocenters. The quantitative estimate of drug-likeness (QED) is 0.701. The molecule has 6 heteroatoms. The van der Waals surface area contributed by atoms with E-state index >= 15 is 0 Å². The molecule has 1 aliphatic carbocycles. The van der Waals surface area contributed by atoms with Crippen molar-refractivity contribution in [2.45, 2.75) is 0 Å². The third kappa shape index (κ3) is 1.48. The molecule has 1 heterocycles. The van der Waals surface area contributed by atoms with Crippen LogP contribution in [-0.4, -0.2) is 35.6 Å². The lowest BCUT2D eigenvalue weighted by Gasteiger charge is -2.18. The van der Waals surface area contributed by atoms with Gasteiger partial charge in [-0.1, -0.05) is 0 Å². The molecule has 0 saturated heterocycles. The second-order valence-electron chi connectivity index (χ2n) is 4.44. The molecule has 2 aromatic rings. The Labute approximate surface area is 114 Å². The highest BCUT2D eigenvalue weighted by Gasteiger charge is 2.35. The summed E-state index contributed by atoms with van der Waals surface area (Å²) in [5.41, 5.74) is 1.13. The number of carbonyl (C=O) groups is 2. The van der Waals surface area contributed by atoms with Crippen LogP contribution >= 0.6 is 0 Å². The summed E-state index contributed by atoms with van der Waals surface area (Å²) in [7, 11) is 4.57.